The van der Waals surface area contributed by atoms with Gasteiger partial charge in [-0.25, -0.2) is 4.57 Å². The highest BCUT2D eigenvalue weighted by Crippen LogP contribution is 2.43. The van der Waals surface area contributed by atoms with Gasteiger partial charge in [0, 0.05) is 13.0 Å². The van der Waals surface area contributed by atoms with E-state index in [2.05, 4.69) is 98.9 Å². The fourth-order valence-corrected chi connectivity index (χ4v) is 8.71. The van der Waals surface area contributed by atoms with Crippen LogP contribution in [0.1, 0.15) is 245 Å². The Morgan fingerprint density at radius 3 is 1.23 bits per heavy atom. The first-order valence-corrected chi connectivity index (χ1v) is 30.8. The van der Waals surface area contributed by atoms with Crippen molar-refractivity contribution in [1.29, 1.82) is 0 Å². The van der Waals surface area contributed by atoms with Crippen molar-refractivity contribution >= 4 is 13.8 Å². The number of phosphoric ester groups is 1. The minimum Gasteiger partial charge on any atom is -0.457 e. The summed E-state index contributed by atoms with van der Waals surface area (Å²) in [6.45, 7) is 5.50. The van der Waals surface area contributed by atoms with Gasteiger partial charge in [-0.3, -0.25) is 13.8 Å². The lowest BCUT2D eigenvalue weighted by Gasteiger charge is -2.24. The average molecular weight is 1020 g/mol. The molecule has 0 aliphatic carbocycles. The Balaban J connectivity index is 4.09. The van der Waals surface area contributed by atoms with Crippen molar-refractivity contribution in [2.24, 2.45) is 0 Å². The zero-order valence-electron chi connectivity index (χ0n) is 46.9. The number of quaternary nitrogens is 1. The Bertz CT molecular complexity index is 1410. The van der Waals surface area contributed by atoms with Crippen LogP contribution in [-0.2, 0) is 27.9 Å². The Hall–Kier alpha value is -2.32. The molecule has 0 saturated carbocycles. The number of allylic oxidation sites excluding steroid dienone is 14. The van der Waals surface area contributed by atoms with E-state index >= 15 is 0 Å². The van der Waals surface area contributed by atoms with Gasteiger partial charge in [-0.05, 0) is 89.9 Å². The van der Waals surface area contributed by atoms with Gasteiger partial charge < -0.3 is 18.9 Å². The van der Waals surface area contributed by atoms with Crippen LogP contribution < -0.4 is 0 Å². The second-order valence-electron chi connectivity index (χ2n) is 20.6. The van der Waals surface area contributed by atoms with Crippen molar-refractivity contribution in [2.75, 3.05) is 54.1 Å². The van der Waals surface area contributed by atoms with E-state index in [-0.39, 0.29) is 25.8 Å². The quantitative estimate of drug-likeness (QED) is 0.0213. The molecule has 0 aliphatic heterocycles. The zero-order chi connectivity index (χ0) is 51.9. The molecule has 2 atom stereocenters. The van der Waals surface area contributed by atoms with Crippen LogP contribution in [-0.4, -0.2) is 75.6 Å². The van der Waals surface area contributed by atoms with Crippen LogP contribution in [0.15, 0.2) is 85.1 Å². The maximum absolute atomic E-state index is 12.8. The number of carbonyl (C=O) groups is 1. The number of nitrogens with zero attached hydrogens (tertiary/aromatic N) is 1. The molecule has 0 aromatic carbocycles. The predicted octanol–water partition coefficient (Wildman–Crippen LogP) is 18.7. The van der Waals surface area contributed by atoms with Gasteiger partial charge in [0.05, 0.1) is 34.4 Å². The number of carbonyl (C=O) groups excluding carboxylic acids is 1. The van der Waals surface area contributed by atoms with Crippen LogP contribution in [0.25, 0.3) is 0 Å². The van der Waals surface area contributed by atoms with Crippen molar-refractivity contribution in [1.82, 2.24) is 0 Å². The van der Waals surface area contributed by atoms with E-state index in [4.69, 9.17) is 18.5 Å². The molecular formula is C62H113NO7P+. The molecule has 0 bridgehead atoms. The monoisotopic (exact) mass is 1010 g/mol. The maximum Gasteiger partial charge on any atom is 0.472 e. The smallest absolute Gasteiger partial charge is 0.457 e. The van der Waals surface area contributed by atoms with Crippen LogP contribution in [0.4, 0.5) is 0 Å². The van der Waals surface area contributed by atoms with E-state index in [9.17, 15) is 14.3 Å². The van der Waals surface area contributed by atoms with Gasteiger partial charge in [0.2, 0.25) is 0 Å². The molecule has 0 radical (unpaired) electrons. The standard InChI is InChI=1S/C62H112NO7P/c1-6-8-10-12-14-16-18-20-22-24-26-28-30-31-32-34-36-38-40-42-44-46-48-50-52-54-57-67-59-61(60-69-71(65,66)68-58-56-63(3,4)5)70-62(64)55-53-51-49-47-45-43-41-39-37-35-33-29-27-25-23-21-19-17-15-13-11-9-7-2/h9,11,15,17-18,20-21,23-24,26-27,29,35,37,61H,6-8,10,12-14,16,19,22,25,28,30-34,36,38-60H2,1-5H3/p+1/b11-9-,17-15-,20-18-,23-21-,26-24-,29-27-,37-35-. The van der Waals surface area contributed by atoms with Gasteiger partial charge in [0.25, 0.3) is 0 Å². The third kappa shape index (κ3) is 58.4. The van der Waals surface area contributed by atoms with E-state index in [1.165, 1.54) is 148 Å². The highest BCUT2D eigenvalue weighted by atomic mass is 31.2. The third-order valence-corrected chi connectivity index (χ3v) is 13.4. The van der Waals surface area contributed by atoms with Crippen LogP contribution in [0.2, 0.25) is 0 Å². The highest BCUT2D eigenvalue weighted by molar-refractivity contribution is 7.47. The lowest BCUT2D eigenvalue weighted by Crippen LogP contribution is -2.37. The molecule has 0 heterocycles. The molecule has 71 heavy (non-hydrogen) atoms. The second-order valence-corrected chi connectivity index (χ2v) is 22.1. The topological polar surface area (TPSA) is 91.3 Å². The summed E-state index contributed by atoms with van der Waals surface area (Å²) in [7, 11) is 1.65. The largest absolute Gasteiger partial charge is 0.472 e. The minimum absolute atomic E-state index is 0.0827. The summed E-state index contributed by atoms with van der Waals surface area (Å²) in [6.07, 6.45) is 73.6. The average Bonchev–Trinajstić information content (AvgIpc) is 3.33. The molecule has 0 spiro atoms. The summed E-state index contributed by atoms with van der Waals surface area (Å²) in [6, 6.07) is 0. The molecule has 2 unspecified atom stereocenters. The molecule has 0 rings (SSSR count). The molecule has 9 heteroatoms. The highest BCUT2D eigenvalue weighted by Gasteiger charge is 2.26. The number of unbranched alkanes of at least 4 members (excludes halogenated alkanes) is 26. The van der Waals surface area contributed by atoms with Crippen LogP contribution >= 0.6 is 7.82 Å². The second kappa shape index (κ2) is 54.0. The summed E-state index contributed by atoms with van der Waals surface area (Å²) >= 11 is 0. The van der Waals surface area contributed by atoms with E-state index in [0.717, 1.165) is 77.0 Å². The van der Waals surface area contributed by atoms with Gasteiger partial charge in [-0.1, -0.05) is 234 Å². The normalized spacial score (nSPS) is 14.1. The maximum atomic E-state index is 12.8. The summed E-state index contributed by atoms with van der Waals surface area (Å²) < 4.78 is 35.3. The van der Waals surface area contributed by atoms with E-state index in [1.807, 2.05) is 21.1 Å². The van der Waals surface area contributed by atoms with Gasteiger partial charge in [-0.15, -0.1) is 0 Å². The summed E-state index contributed by atoms with van der Waals surface area (Å²) in [5.74, 6) is -0.325. The van der Waals surface area contributed by atoms with Gasteiger partial charge in [0.15, 0.2) is 0 Å². The van der Waals surface area contributed by atoms with Crippen LogP contribution in [0, 0.1) is 0 Å². The molecule has 0 amide bonds. The van der Waals surface area contributed by atoms with Crippen molar-refractivity contribution in [3.05, 3.63) is 85.1 Å². The number of ether oxygens (including phenoxy) is 2. The summed E-state index contributed by atoms with van der Waals surface area (Å²) in [5.41, 5.74) is 0. The van der Waals surface area contributed by atoms with E-state index < -0.39 is 13.9 Å². The molecule has 0 aliphatic rings. The van der Waals surface area contributed by atoms with Crippen LogP contribution in [0.3, 0.4) is 0 Å². The number of likely N-dealkylation sites (N-methyl/N-ethyl adjacent to an activating group) is 1. The third-order valence-electron chi connectivity index (χ3n) is 12.4. The van der Waals surface area contributed by atoms with Crippen molar-refractivity contribution < 1.29 is 37.3 Å². The van der Waals surface area contributed by atoms with E-state index in [0.29, 0.717) is 24.1 Å². The fourth-order valence-electron chi connectivity index (χ4n) is 7.96. The molecule has 412 valence electrons. The molecule has 0 fully saturated rings. The predicted molar refractivity (Wildman–Crippen MR) is 307 cm³/mol. The lowest BCUT2D eigenvalue weighted by molar-refractivity contribution is -0.870. The lowest BCUT2D eigenvalue weighted by atomic mass is 10.0. The van der Waals surface area contributed by atoms with Gasteiger partial charge in [-0.2, -0.15) is 0 Å². The minimum atomic E-state index is -4.29. The number of rotatable bonds is 54. The Labute approximate surface area is 439 Å². The Morgan fingerprint density at radius 1 is 0.451 bits per heavy atom. The van der Waals surface area contributed by atoms with Gasteiger partial charge >= 0.3 is 13.8 Å². The van der Waals surface area contributed by atoms with Crippen molar-refractivity contribution in [3.63, 3.8) is 0 Å². The fraction of sp³-hybridized carbons (Fsp3) is 0.758. The molecule has 0 aromatic rings. The van der Waals surface area contributed by atoms with Crippen LogP contribution in [0.5, 0.6) is 0 Å². The summed E-state index contributed by atoms with van der Waals surface area (Å²) in [5, 5.41) is 0. The number of hydrogen-bond acceptors (Lipinski definition) is 6. The SMILES string of the molecule is CC/C=C\C/C=C\C/C=C\C/C=C\C/C=C\CCCCCCCCCC(=O)OC(COCCCCCCCCCCCCCCCC/C=C\C/C=C\CCCCCCC)COP(=O)(O)OCC[N+](C)(C)C. The number of hydrogen-bond donors (Lipinski definition) is 1. The Morgan fingerprint density at radius 2 is 0.817 bits per heavy atom. The van der Waals surface area contributed by atoms with Gasteiger partial charge in [0.1, 0.15) is 19.3 Å². The first-order chi connectivity index (χ1) is 34.6. The number of phosphoric acid groups is 1. The summed E-state index contributed by atoms with van der Waals surface area (Å²) in [4.78, 5) is 23.1. The molecule has 0 saturated heterocycles. The van der Waals surface area contributed by atoms with E-state index in [1.54, 1.807) is 0 Å². The molecular weight excluding hydrogens is 902 g/mol. The van der Waals surface area contributed by atoms with Crippen molar-refractivity contribution in [3.8, 4) is 0 Å². The number of esters is 1. The Kier molecular flexibility index (Phi) is 52.2. The van der Waals surface area contributed by atoms with Crippen molar-refractivity contribution in [2.45, 2.75) is 251 Å². The molecule has 8 nitrogen and oxygen atoms in total. The zero-order valence-corrected chi connectivity index (χ0v) is 47.8. The first kappa shape index (κ1) is 68.7. The molecule has 1 N–H and O–H groups in total. The first-order valence-electron chi connectivity index (χ1n) is 29.3. The molecule has 0 aromatic heterocycles.